The summed E-state index contributed by atoms with van der Waals surface area (Å²) in [7, 11) is -1.92. The molecule has 0 atom stereocenters. The maximum atomic E-state index is 13.5. The lowest BCUT2D eigenvalue weighted by Crippen LogP contribution is -2.59. The Hall–Kier alpha value is -3.42. The van der Waals surface area contributed by atoms with Crippen LogP contribution in [0.5, 0.6) is 5.75 Å². The molecule has 6 nitrogen and oxygen atoms in total. The molecule has 1 aliphatic heterocycles. The maximum absolute atomic E-state index is 13.5. The van der Waals surface area contributed by atoms with Gasteiger partial charge in [-0.2, -0.15) is 0 Å². The zero-order valence-corrected chi connectivity index (χ0v) is 23.2. The molecule has 3 aromatic rings. The van der Waals surface area contributed by atoms with E-state index < -0.39 is 14.3 Å². The van der Waals surface area contributed by atoms with Gasteiger partial charge >= 0.3 is 5.97 Å². The van der Waals surface area contributed by atoms with Crippen LogP contribution in [0.15, 0.2) is 72.3 Å². The van der Waals surface area contributed by atoms with Gasteiger partial charge in [-0.25, -0.2) is 4.79 Å². The smallest absolute Gasteiger partial charge is 0.335 e. The number of aromatic carboxylic acids is 1. The summed E-state index contributed by atoms with van der Waals surface area (Å²) in [5.41, 5.74) is 1.44. The molecule has 1 saturated heterocycles. The first kappa shape index (κ1) is 26.6. The van der Waals surface area contributed by atoms with Crippen LogP contribution >= 0.6 is 0 Å². The van der Waals surface area contributed by atoms with Crippen LogP contribution in [-0.2, 0) is 9.22 Å². The first-order valence-corrected chi connectivity index (χ1v) is 15.5. The summed E-state index contributed by atoms with van der Waals surface area (Å²) in [6, 6.07) is 20.3. The van der Waals surface area contributed by atoms with Crippen molar-refractivity contribution < 1.29 is 23.9 Å². The number of rotatable bonds is 8. The topological polar surface area (TPSA) is 76.1 Å². The van der Waals surface area contributed by atoms with Crippen molar-refractivity contribution in [2.45, 2.75) is 45.0 Å². The molecule has 0 aliphatic carbocycles. The third-order valence-electron chi connectivity index (χ3n) is 7.31. The fraction of sp³-hybridized carbons (Fsp3) is 0.333. The molecular weight excluding hydrogens is 482 g/mol. The summed E-state index contributed by atoms with van der Waals surface area (Å²) < 4.78 is 12.6. The Balaban J connectivity index is 1.53. The van der Waals surface area contributed by atoms with E-state index in [0.29, 0.717) is 24.4 Å². The molecule has 3 aromatic carbocycles. The van der Waals surface area contributed by atoms with Crippen molar-refractivity contribution in [3.05, 3.63) is 83.4 Å². The van der Waals surface area contributed by atoms with Gasteiger partial charge in [0.25, 0.3) is 5.91 Å². The number of ether oxygens (including phenoxy) is 1. The van der Waals surface area contributed by atoms with Crippen LogP contribution in [0.2, 0.25) is 18.1 Å². The van der Waals surface area contributed by atoms with E-state index >= 15 is 0 Å². The van der Waals surface area contributed by atoms with Crippen molar-refractivity contribution >= 4 is 37.0 Å². The van der Waals surface area contributed by atoms with Crippen molar-refractivity contribution in [3.63, 3.8) is 0 Å². The fourth-order valence-electron chi connectivity index (χ4n) is 4.04. The van der Waals surface area contributed by atoms with Gasteiger partial charge in [-0.1, -0.05) is 69.3 Å². The van der Waals surface area contributed by atoms with Crippen LogP contribution in [0, 0.1) is 0 Å². The summed E-state index contributed by atoms with van der Waals surface area (Å²) in [6.07, 6.45) is 1.82. The number of amides is 1. The second kappa shape index (κ2) is 10.5. The number of hydrogen-bond acceptors (Lipinski definition) is 4. The lowest BCUT2D eigenvalue weighted by atomic mass is 10.1. The molecule has 0 aromatic heterocycles. The number of carboxylic acids is 1. The summed E-state index contributed by atoms with van der Waals surface area (Å²) in [6.45, 7) is 12.3. The highest BCUT2D eigenvalue weighted by Gasteiger charge is 2.43. The van der Waals surface area contributed by atoms with Crippen LogP contribution in [0.1, 0.15) is 36.7 Å². The zero-order valence-electron chi connectivity index (χ0n) is 22.2. The molecule has 1 N–H and O–H groups in total. The highest BCUT2D eigenvalue weighted by atomic mass is 28.4. The molecule has 7 heteroatoms. The Kier molecular flexibility index (Phi) is 7.57. The third kappa shape index (κ3) is 6.11. The lowest BCUT2D eigenvalue weighted by Gasteiger charge is -2.46. The van der Waals surface area contributed by atoms with Gasteiger partial charge in [0, 0.05) is 18.5 Å². The first-order valence-electron chi connectivity index (χ1n) is 12.6. The zero-order chi connectivity index (χ0) is 26.8. The number of carbonyl (C=O) groups excluding carboxylic acids is 1. The second-order valence-electron chi connectivity index (χ2n) is 11.1. The summed E-state index contributed by atoms with van der Waals surface area (Å²) in [4.78, 5) is 26.6. The molecule has 0 bridgehead atoms. The van der Waals surface area contributed by atoms with E-state index in [1.54, 1.807) is 23.1 Å². The minimum absolute atomic E-state index is 0.0416. The van der Waals surface area contributed by atoms with E-state index in [0.717, 1.165) is 16.3 Å². The van der Waals surface area contributed by atoms with E-state index in [1.165, 1.54) is 12.1 Å². The molecule has 4 rings (SSSR count). The molecule has 1 aliphatic rings. The molecular formula is C30H35NO5Si. The van der Waals surface area contributed by atoms with E-state index in [9.17, 15) is 14.7 Å². The second-order valence-corrected chi connectivity index (χ2v) is 15.8. The minimum Gasteiger partial charge on any atom is -0.488 e. The van der Waals surface area contributed by atoms with Gasteiger partial charge in [0.1, 0.15) is 12.4 Å². The Bertz CT molecular complexity index is 1310. The van der Waals surface area contributed by atoms with Crippen molar-refractivity contribution in [1.82, 2.24) is 4.90 Å². The van der Waals surface area contributed by atoms with Crippen LogP contribution < -0.4 is 4.74 Å². The monoisotopic (exact) mass is 517 g/mol. The fourth-order valence-corrected chi connectivity index (χ4v) is 5.38. The predicted molar refractivity (Wildman–Crippen MR) is 149 cm³/mol. The number of fused-ring (bicyclic) bond motifs is 1. The highest BCUT2D eigenvalue weighted by Crippen LogP contribution is 2.38. The summed E-state index contributed by atoms with van der Waals surface area (Å²) in [5, 5.41) is 11.4. The number of hydrogen-bond donors (Lipinski definition) is 1. The van der Waals surface area contributed by atoms with Crippen LogP contribution in [-0.4, -0.2) is 56.0 Å². The predicted octanol–water partition coefficient (Wildman–Crippen LogP) is 6.23. The summed E-state index contributed by atoms with van der Waals surface area (Å²) >= 11 is 0. The number of likely N-dealkylation sites (tertiary alicyclic amines) is 1. The molecule has 1 amide bonds. The Morgan fingerprint density at radius 1 is 1.00 bits per heavy atom. The number of benzene rings is 3. The first-order chi connectivity index (χ1) is 17.4. The Labute approximate surface area is 219 Å². The van der Waals surface area contributed by atoms with Crippen molar-refractivity contribution in [1.29, 1.82) is 0 Å². The maximum Gasteiger partial charge on any atom is 0.335 e. The van der Waals surface area contributed by atoms with Gasteiger partial charge in [0.05, 0.1) is 17.2 Å². The van der Waals surface area contributed by atoms with E-state index in [4.69, 9.17) is 9.16 Å². The normalized spacial score (nSPS) is 14.9. The molecule has 0 spiro atoms. The van der Waals surface area contributed by atoms with Crippen LogP contribution in [0.4, 0.5) is 0 Å². The number of carbonyl (C=O) groups is 2. The third-order valence-corrected chi connectivity index (χ3v) is 11.8. The standard InChI is InChI=1S/C30H35NO5Si/c1-30(2,3)37(4,5)36-25-18-31(19-25)28(32)24(17-21-13-15-23(16-14-21)29(33)34)20-35-27-12-8-10-22-9-6-7-11-26(22)27/h6-17,25H,18-20H2,1-5H3,(H,33,34). The van der Waals surface area contributed by atoms with Crippen molar-refractivity contribution in [3.8, 4) is 5.75 Å². The molecule has 194 valence electrons. The van der Waals surface area contributed by atoms with Gasteiger partial charge in [0.2, 0.25) is 0 Å². The Morgan fingerprint density at radius 3 is 2.30 bits per heavy atom. The van der Waals surface area contributed by atoms with Crippen LogP contribution in [0.25, 0.3) is 16.8 Å². The average molecular weight is 518 g/mol. The molecule has 1 heterocycles. The SMILES string of the molecule is CC(C)(C)[Si](C)(C)OC1CN(C(=O)C(=Cc2ccc(C(=O)O)cc2)COc2cccc3ccccc23)C1. The van der Waals surface area contributed by atoms with Gasteiger partial charge in [-0.15, -0.1) is 0 Å². The van der Waals surface area contributed by atoms with Crippen LogP contribution in [0.3, 0.4) is 0 Å². The minimum atomic E-state index is -1.92. The van der Waals surface area contributed by atoms with E-state index in [2.05, 4.69) is 33.9 Å². The number of nitrogens with zero attached hydrogens (tertiary/aromatic N) is 1. The number of carboxylic acid groups (broad SMARTS) is 1. The van der Waals surface area contributed by atoms with Gasteiger partial charge in [-0.05, 0) is 53.4 Å². The molecule has 0 radical (unpaired) electrons. The lowest BCUT2D eigenvalue weighted by molar-refractivity contribution is -0.136. The highest BCUT2D eigenvalue weighted by molar-refractivity contribution is 6.74. The summed E-state index contributed by atoms with van der Waals surface area (Å²) in [5.74, 6) is -0.377. The van der Waals surface area contributed by atoms with E-state index in [1.807, 2.05) is 42.5 Å². The van der Waals surface area contributed by atoms with E-state index in [-0.39, 0.29) is 29.2 Å². The van der Waals surface area contributed by atoms with Crippen molar-refractivity contribution in [2.75, 3.05) is 19.7 Å². The Morgan fingerprint density at radius 2 is 1.65 bits per heavy atom. The molecule has 0 unspecified atom stereocenters. The van der Waals surface area contributed by atoms with Gasteiger partial charge in [0.15, 0.2) is 8.32 Å². The van der Waals surface area contributed by atoms with Crippen molar-refractivity contribution in [2.24, 2.45) is 0 Å². The van der Waals surface area contributed by atoms with Gasteiger partial charge in [-0.3, -0.25) is 4.79 Å². The molecule has 37 heavy (non-hydrogen) atoms. The quantitative estimate of drug-likeness (QED) is 0.283. The molecule has 1 fully saturated rings. The average Bonchev–Trinajstić information content (AvgIpc) is 2.83. The molecule has 0 saturated carbocycles. The largest absolute Gasteiger partial charge is 0.488 e. The van der Waals surface area contributed by atoms with Gasteiger partial charge < -0.3 is 19.2 Å².